The van der Waals surface area contributed by atoms with Crippen molar-refractivity contribution < 1.29 is 9.31 Å². The van der Waals surface area contributed by atoms with Gasteiger partial charge in [0.05, 0.1) is 0 Å². The van der Waals surface area contributed by atoms with E-state index >= 15 is 0 Å². The third-order valence-corrected chi connectivity index (χ3v) is 6.97. The molecule has 0 N–H and O–H groups in total. The zero-order chi connectivity index (χ0) is 12.4. The first-order valence-electron chi connectivity index (χ1n) is 6.16. The standard InChI is InChI=1S/C12H25BGeO2/c1-12(2,3)10-11(14(4,5)6)13-15-8-7-9-16-13/h10H,7-9H2,1-6H3/b11-10+. The van der Waals surface area contributed by atoms with Crippen molar-refractivity contribution in [1.82, 2.24) is 0 Å². The van der Waals surface area contributed by atoms with Crippen molar-refractivity contribution in [2.24, 2.45) is 5.41 Å². The Balaban J connectivity index is 2.91. The van der Waals surface area contributed by atoms with E-state index in [0.29, 0.717) is 0 Å². The third kappa shape index (κ3) is 4.64. The van der Waals surface area contributed by atoms with Crippen molar-refractivity contribution in [2.75, 3.05) is 13.2 Å². The van der Waals surface area contributed by atoms with E-state index in [1.165, 1.54) is 4.30 Å². The van der Waals surface area contributed by atoms with Crippen LogP contribution in [0.25, 0.3) is 0 Å². The predicted molar refractivity (Wildman–Crippen MR) is 73.2 cm³/mol. The van der Waals surface area contributed by atoms with Gasteiger partial charge >= 0.3 is 103 Å². The normalized spacial score (nSPS) is 20.1. The van der Waals surface area contributed by atoms with Gasteiger partial charge in [-0.1, -0.05) is 0 Å². The molecule has 1 heterocycles. The van der Waals surface area contributed by atoms with Crippen molar-refractivity contribution in [2.45, 2.75) is 44.5 Å². The molecule has 0 bridgehead atoms. The molecule has 2 nitrogen and oxygen atoms in total. The molecule has 16 heavy (non-hydrogen) atoms. The van der Waals surface area contributed by atoms with Crippen LogP contribution in [-0.4, -0.2) is 33.6 Å². The van der Waals surface area contributed by atoms with Crippen LogP contribution in [0.3, 0.4) is 0 Å². The van der Waals surface area contributed by atoms with Crippen LogP contribution in [0, 0.1) is 5.41 Å². The van der Waals surface area contributed by atoms with Gasteiger partial charge in [0, 0.05) is 0 Å². The molecule has 0 aromatic rings. The van der Waals surface area contributed by atoms with E-state index in [1.807, 2.05) is 0 Å². The van der Waals surface area contributed by atoms with Crippen molar-refractivity contribution >= 4 is 20.4 Å². The Morgan fingerprint density at radius 2 is 1.62 bits per heavy atom. The van der Waals surface area contributed by atoms with Gasteiger partial charge < -0.3 is 0 Å². The number of hydrogen-bond acceptors (Lipinski definition) is 2. The zero-order valence-electron chi connectivity index (χ0n) is 11.6. The van der Waals surface area contributed by atoms with Crippen LogP contribution in [0.5, 0.6) is 0 Å². The third-order valence-electron chi connectivity index (χ3n) is 2.54. The summed E-state index contributed by atoms with van der Waals surface area (Å²) in [6, 6.07) is 0. The minimum absolute atomic E-state index is 0.0621. The summed E-state index contributed by atoms with van der Waals surface area (Å²) in [5, 5.41) is 0. The quantitative estimate of drug-likeness (QED) is 0.725. The van der Waals surface area contributed by atoms with E-state index in [0.717, 1.165) is 19.6 Å². The molecule has 0 unspecified atom stereocenters. The number of allylic oxidation sites excluding steroid dienone is 1. The molecule has 92 valence electrons. The van der Waals surface area contributed by atoms with Gasteiger partial charge in [-0.15, -0.1) is 0 Å². The summed E-state index contributed by atoms with van der Waals surface area (Å²) in [4.78, 5) is 0. The Hall–Kier alpha value is 0.268. The van der Waals surface area contributed by atoms with Gasteiger partial charge in [0.25, 0.3) is 0 Å². The predicted octanol–water partition coefficient (Wildman–Crippen LogP) is 3.30. The van der Waals surface area contributed by atoms with Crippen LogP contribution in [-0.2, 0) is 9.31 Å². The molecule has 0 amide bonds. The van der Waals surface area contributed by atoms with Crippen LogP contribution in [0.1, 0.15) is 27.2 Å². The van der Waals surface area contributed by atoms with E-state index in [2.05, 4.69) is 44.1 Å². The summed E-state index contributed by atoms with van der Waals surface area (Å²) in [7, 11) is -0.0621. The summed E-state index contributed by atoms with van der Waals surface area (Å²) in [6.45, 7) is 8.40. The Morgan fingerprint density at radius 1 is 1.12 bits per heavy atom. The van der Waals surface area contributed by atoms with Crippen LogP contribution in [0.15, 0.2) is 10.4 Å². The molecule has 1 fully saturated rings. The first kappa shape index (κ1) is 14.3. The number of hydrogen-bond donors (Lipinski definition) is 0. The fraction of sp³-hybridized carbons (Fsp3) is 0.833. The van der Waals surface area contributed by atoms with Crippen LogP contribution in [0.2, 0.25) is 17.3 Å². The van der Waals surface area contributed by atoms with Crippen LogP contribution >= 0.6 is 0 Å². The molecule has 0 atom stereocenters. The summed E-state index contributed by atoms with van der Waals surface area (Å²) in [5.74, 6) is 7.21. The van der Waals surface area contributed by atoms with Crippen molar-refractivity contribution in [3.63, 3.8) is 0 Å². The van der Waals surface area contributed by atoms with E-state index < -0.39 is 13.3 Å². The average Bonchev–Trinajstić information content (AvgIpc) is 2.13. The van der Waals surface area contributed by atoms with E-state index in [4.69, 9.17) is 9.31 Å². The monoisotopic (exact) mass is 286 g/mol. The summed E-state index contributed by atoms with van der Waals surface area (Å²) in [6.07, 6.45) is 3.40. The van der Waals surface area contributed by atoms with Gasteiger partial charge in [0.1, 0.15) is 0 Å². The zero-order valence-corrected chi connectivity index (χ0v) is 13.7. The molecule has 1 rings (SSSR count). The molecule has 1 saturated heterocycles. The van der Waals surface area contributed by atoms with E-state index in [1.54, 1.807) is 0 Å². The Labute approximate surface area is 103 Å². The van der Waals surface area contributed by atoms with Crippen molar-refractivity contribution in [3.05, 3.63) is 10.4 Å². The molecule has 1 aliphatic heterocycles. The van der Waals surface area contributed by atoms with Crippen LogP contribution < -0.4 is 0 Å². The van der Waals surface area contributed by atoms with Gasteiger partial charge in [-0.05, 0) is 0 Å². The fourth-order valence-corrected chi connectivity index (χ4v) is 5.42. The van der Waals surface area contributed by atoms with Crippen LogP contribution in [0.4, 0.5) is 0 Å². The average molecular weight is 285 g/mol. The molecule has 0 aromatic carbocycles. The second-order valence-electron chi connectivity index (χ2n) is 6.64. The van der Waals surface area contributed by atoms with E-state index in [-0.39, 0.29) is 12.5 Å². The number of rotatable bonds is 2. The van der Waals surface area contributed by atoms with Gasteiger partial charge in [0.15, 0.2) is 0 Å². The second kappa shape index (κ2) is 5.28. The maximum atomic E-state index is 5.77. The molecule has 0 spiro atoms. The maximum absolute atomic E-state index is 5.77. The fourth-order valence-electron chi connectivity index (χ4n) is 1.77. The summed E-state index contributed by atoms with van der Waals surface area (Å²) in [5.41, 5.74) is 0.206. The molecule has 0 radical (unpaired) electrons. The molecular formula is C12H25BGeO2. The first-order chi connectivity index (χ1) is 7.20. The molecule has 0 aromatic heterocycles. The Kier molecular flexibility index (Phi) is 4.73. The van der Waals surface area contributed by atoms with Gasteiger partial charge in [-0.3, -0.25) is 0 Å². The van der Waals surface area contributed by atoms with Crippen molar-refractivity contribution in [1.29, 1.82) is 0 Å². The first-order valence-corrected chi connectivity index (χ1v) is 13.5. The van der Waals surface area contributed by atoms with E-state index in [9.17, 15) is 0 Å². The Morgan fingerprint density at radius 3 is 2.00 bits per heavy atom. The molecular weight excluding hydrogens is 260 g/mol. The summed E-state index contributed by atoms with van der Waals surface area (Å²) >= 11 is -1.89. The van der Waals surface area contributed by atoms with Gasteiger partial charge in [-0.2, -0.15) is 0 Å². The molecule has 0 saturated carbocycles. The Bertz CT molecular complexity index is 257. The summed E-state index contributed by atoms with van der Waals surface area (Å²) < 4.78 is 13.0. The van der Waals surface area contributed by atoms with Gasteiger partial charge in [0.2, 0.25) is 0 Å². The molecule has 4 heteroatoms. The SMILES string of the molecule is CC(C)(C)/C=[C](\B1OCCCO1)[Ge]([CH3])([CH3])[CH3]. The van der Waals surface area contributed by atoms with Crippen molar-refractivity contribution in [3.8, 4) is 0 Å². The topological polar surface area (TPSA) is 18.5 Å². The minimum atomic E-state index is -1.89. The van der Waals surface area contributed by atoms with Gasteiger partial charge in [-0.25, -0.2) is 0 Å². The molecule has 1 aliphatic rings. The molecule has 0 aliphatic carbocycles. The second-order valence-corrected chi connectivity index (χ2v) is 17.3.